The summed E-state index contributed by atoms with van der Waals surface area (Å²) in [5.41, 5.74) is 2.39. The predicted octanol–water partition coefficient (Wildman–Crippen LogP) is 3.73. The predicted molar refractivity (Wildman–Crippen MR) is 89.2 cm³/mol. The van der Waals surface area contributed by atoms with Gasteiger partial charge in [0.25, 0.3) is 0 Å². The second-order valence-corrected chi connectivity index (χ2v) is 6.36. The molecule has 1 atom stereocenters. The Kier molecular flexibility index (Phi) is 6.65. The Balaban J connectivity index is 1.92. The third kappa shape index (κ3) is 5.76. The van der Waals surface area contributed by atoms with Crippen LogP contribution in [0.25, 0.3) is 0 Å². The SMILES string of the molecule is CCCCN(Cc1cccc(CNC2CC2)n1)C(C)CC. The van der Waals surface area contributed by atoms with Gasteiger partial charge in [0.05, 0.1) is 11.4 Å². The standard InChI is InChI=1S/C18H31N3/c1-4-6-12-21(15(3)5-2)14-18-9-7-8-17(20-18)13-19-16-10-11-16/h7-9,15-16,19H,4-6,10-14H2,1-3H3. The maximum Gasteiger partial charge on any atom is 0.0547 e. The van der Waals surface area contributed by atoms with E-state index in [9.17, 15) is 0 Å². The third-order valence-electron chi connectivity index (χ3n) is 4.39. The average molecular weight is 289 g/mol. The van der Waals surface area contributed by atoms with Crippen molar-refractivity contribution in [2.45, 2.75) is 78.0 Å². The molecule has 0 spiro atoms. The molecule has 1 aliphatic rings. The van der Waals surface area contributed by atoms with Crippen molar-refractivity contribution in [1.29, 1.82) is 0 Å². The second kappa shape index (κ2) is 8.50. The Labute approximate surface area is 130 Å². The molecule has 0 aromatic carbocycles. The lowest BCUT2D eigenvalue weighted by atomic mass is 10.1. The van der Waals surface area contributed by atoms with Crippen molar-refractivity contribution < 1.29 is 0 Å². The number of nitrogens with zero attached hydrogens (tertiary/aromatic N) is 2. The molecule has 3 heteroatoms. The first-order valence-electron chi connectivity index (χ1n) is 8.65. The van der Waals surface area contributed by atoms with Crippen LogP contribution in [0.1, 0.15) is 64.3 Å². The van der Waals surface area contributed by atoms with E-state index in [0.717, 1.165) is 19.1 Å². The summed E-state index contributed by atoms with van der Waals surface area (Å²) in [6, 6.07) is 7.84. The second-order valence-electron chi connectivity index (χ2n) is 6.36. The van der Waals surface area contributed by atoms with Crippen molar-refractivity contribution >= 4 is 0 Å². The molecule has 0 aliphatic heterocycles. The van der Waals surface area contributed by atoms with E-state index in [4.69, 9.17) is 4.98 Å². The first kappa shape index (κ1) is 16.4. The largest absolute Gasteiger partial charge is 0.308 e. The summed E-state index contributed by atoms with van der Waals surface area (Å²) < 4.78 is 0. The van der Waals surface area contributed by atoms with Gasteiger partial charge in [-0.15, -0.1) is 0 Å². The van der Waals surface area contributed by atoms with Gasteiger partial charge in [0.15, 0.2) is 0 Å². The summed E-state index contributed by atoms with van der Waals surface area (Å²) in [5.74, 6) is 0. The minimum absolute atomic E-state index is 0.631. The van der Waals surface area contributed by atoms with E-state index < -0.39 is 0 Å². The zero-order valence-corrected chi connectivity index (χ0v) is 13.9. The number of nitrogens with one attached hydrogen (secondary N) is 1. The number of rotatable bonds is 10. The van der Waals surface area contributed by atoms with Crippen LogP contribution >= 0.6 is 0 Å². The highest BCUT2D eigenvalue weighted by atomic mass is 15.2. The summed E-state index contributed by atoms with van der Waals surface area (Å²) >= 11 is 0. The average Bonchev–Trinajstić information content (AvgIpc) is 3.33. The molecule has 0 amide bonds. The Morgan fingerprint density at radius 2 is 2.05 bits per heavy atom. The molecule has 118 valence electrons. The normalized spacial score (nSPS) is 16.4. The van der Waals surface area contributed by atoms with Crippen LogP contribution in [0.4, 0.5) is 0 Å². The number of hydrogen-bond donors (Lipinski definition) is 1. The summed E-state index contributed by atoms with van der Waals surface area (Å²) in [4.78, 5) is 7.41. The minimum Gasteiger partial charge on any atom is -0.308 e. The van der Waals surface area contributed by atoms with E-state index in [1.54, 1.807) is 0 Å². The molecule has 0 radical (unpaired) electrons. The highest BCUT2D eigenvalue weighted by Gasteiger charge is 2.20. The van der Waals surface area contributed by atoms with Gasteiger partial charge in [-0.2, -0.15) is 0 Å². The molecule has 0 bridgehead atoms. The van der Waals surface area contributed by atoms with Gasteiger partial charge in [-0.1, -0.05) is 26.3 Å². The first-order chi connectivity index (χ1) is 10.2. The lowest BCUT2D eigenvalue weighted by Gasteiger charge is -2.28. The monoisotopic (exact) mass is 289 g/mol. The molecule has 1 aromatic rings. The van der Waals surface area contributed by atoms with E-state index in [0.29, 0.717) is 6.04 Å². The molecule has 1 unspecified atom stereocenters. The van der Waals surface area contributed by atoms with E-state index in [-0.39, 0.29) is 0 Å². The van der Waals surface area contributed by atoms with Crippen LogP contribution in [0.5, 0.6) is 0 Å². The molecular formula is C18H31N3. The smallest absolute Gasteiger partial charge is 0.0547 e. The van der Waals surface area contributed by atoms with E-state index in [1.165, 1.54) is 50.0 Å². The Morgan fingerprint density at radius 3 is 2.71 bits per heavy atom. The highest BCUT2D eigenvalue weighted by molar-refractivity contribution is 5.11. The third-order valence-corrected chi connectivity index (χ3v) is 4.39. The molecule has 3 nitrogen and oxygen atoms in total. The van der Waals surface area contributed by atoms with Gasteiger partial charge in [-0.25, -0.2) is 0 Å². The molecular weight excluding hydrogens is 258 g/mol. The zero-order chi connectivity index (χ0) is 15.1. The number of hydrogen-bond acceptors (Lipinski definition) is 3. The lowest BCUT2D eigenvalue weighted by molar-refractivity contribution is 0.190. The maximum atomic E-state index is 4.83. The summed E-state index contributed by atoms with van der Waals surface area (Å²) in [7, 11) is 0. The van der Waals surface area contributed by atoms with Crippen molar-refractivity contribution in [3.05, 3.63) is 29.6 Å². The van der Waals surface area contributed by atoms with Gasteiger partial charge in [-0.05, 0) is 51.3 Å². The molecule has 21 heavy (non-hydrogen) atoms. The van der Waals surface area contributed by atoms with Gasteiger partial charge in [0.2, 0.25) is 0 Å². The van der Waals surface area contributed by atoms with E-state index in [1.807, 2.05) is 0 Å². The highest BCUT2D eigenvalue weighted by Crippen LogP contribution is 2.19. The Morgan fingerprint density at radius 1 is 1.29 bits per heavy atom. The van der Waals surface area contributed by atoms with Crippen LogP contribution in [-0.2, 0) is 13.1 Å². The fraction of sp³-hybridized carbons (Fsp3) is 0.722. The minimum atomic E-state index is 0.631. The number of aromatic nitrogens is 1. The number of unbranched alkanes of at least 4 members (excludes halogenated alkanes) is 1. The molecule has 1 saturated carbocycles. The van der Waals surface area contributed by atoms with Crippen molar-refractivity contribution in [1.82, 2.24) is 15.2 Å². The summed E-state index contributed by atoms with van der Waals surface area (Å²) in [6.07, 6.45) is 6.39. The van der Waals surface area contributed by atoms with Gasteiger partial charge in [-0.3, -0.25) is 9.88 Å². The van der Waals surface area contributed by atoms with Gasteiger partial charge < -0.3 is 5.32 Å². The Bertz CT molecular complexity index is 415. The first-order valence-corrected chi connectivity index (χ1v) is 8.65. The van der Waals surface area contributed by atoms with Crippen LogP contribution in [0.2, 0.25) is 0 Å². The fourth-order valence-electron chi connectivity index (χ4n) is 2.53. The van der Waals surface area contributed by atoms with Crippen LogP contribution < -0.4 is 5.32 Å². The molecule has 1 aliphatic carbocycles. The molecule has 1 fully saturated rings. The Hall–Kier alpha value is -0.930. The number of pyridine rings is 1. The van der Waals surface area contributed by atoms with Gasteiger partial charge in [0.1, 0.15) is 0 Å². The fourth-order valence-corrected chi connectivity index (χ4v) is 2.53. The van der Waals surface area contributed by atoms with Gasteiger partial charge in [0, 0.05) is 25.2 Å². The maximum absolute atomic E-state index is 4.83. The zero-order valence-electron chi connectivity index (χ0n) is 13.9. The lowest BCUT2D eigenvalue weighted by Crippen LogP contribution is -2.33. The van der Waals surface area contributed by atoms with Gasteiger partial charge >= 0.3 is 0 Å². The van der Waals surface area contributed by atoms with Crippen LogP contribution in [-0.4, -0.2) is 28.5 Å². The molecule has 2 rings (SSSR count). The van der Waals surface area contributed by atoms with Crippen molar-refractivity contribution in [2.24, 2.45) is 0 Å². The van der Waals surface area contributed by atoms with Crippen LogP contribution in [0, 0.1) is 0 Å². The molecule has 0 saturated heterocycles. The molecule has 1 aromatic heterocycles. The summed E-state index contributed by atoms with van der Waals surface area (Å²) in [6.45, 7) is 9.93. The van der Waals surface area contributed by atoms with Crippen molar-refractivity contribution in [3.63, 3.8) is 0 Å². The topological polar surface area (TPSA) is 28.2 Å². The van der Waals surface area contributed by atoms with Crippen molar-refractivity contribution in [3.8, 4) is 0 Å². The quantitative estimate of drug-likeness (QED) is 0.711. The van der Waals surface area contributed by atoms with Crippen LogP contribution in [0.15, 0.2) is 18.2 Å². The molecule has 1 N–H and O–H groups in total. The van der Waals surface area contributed by atoms with E-state index in [2.05, 4.69) is 49.2 Å². The van der Waals surface area contributed by atoms with E-state index >= 15 is 0 Å². The summed E-state index contributed by atoms with van der Waals surface area (Å²) in [5, 5.41) is 3.55. The molecule has 1 heterocycles. The van der Waals surface area contributed by atoms with Crippen LogP contribution in [0.3, 0.4) is 0 Å². The van der Waals surface area contributed by atoms with Crippen molar-refractivity contribution in [2.75, 3.05) is 6.54 Å².